The van der Waals surface area contributed by atoms with Crippen molar-refractivity contribution in [3.63, 3.8) is 0 Å². The van der Waals surface area contributed by atoms with Crippen molar-refractivity contribution in [3.05, 3.63) is 53.4 Å². The molecule has 2 unspecified atom stereocenters. The van der Waals surface area contributed by atoms with Crippen molar-refractivity contribution < 1.29 is 38.1 Å². The smallest absolute Gasteiger partial charge is 0.423 e. The largest absolute Gasteiger partial charge is 0.462 e. The third-order valence-electron chi connectivity index (χ3n) is 8.26. The first-order chi connectivity index (χ1) is 21.4. The fourth-order valence-corrected chi connectivity index (χ4v) is 7.41. The van der Waals surface area contributed by atoms with Crippen LogP contribution in [0.1, 0.15) is 86.9 Å². The number of benzene rings is 2. The van der Waals surface area contributed by atoms with Gasteiger partial charge < -0.3 is 18.9 Å². The van der Waals surface area contributed by atoms with Crippen molar-refractivity contribution in [1.82, 2.24) is 0 Å². The first-order valence-electron chi connectivity index (χ1n) is 14.5. The van der Waals surface area contributed by atoms with Gasteiger partial charge in [0, 0.05) is 0 Å². The minimum absolute atomic E-state index is 0.0887. The average Bonchev–Trinajstić information content (AvgIpc) is 3.51. The van der Waals surface area contributed by atoms with Gasteiger partial charge in [-0.05, 0) is 73.3 Å². The standard InChI is InChI=1S/C32H32Cl6O8/c1-31(2)7-5-15(11-31)13-43-27(39)21-23(37)17(33)9-19(35)25(21)45-29(41)30(42)46-26-20(36)10-18(34)24(38)22(26)28(40)44-14-16-6-8-32(3,4)12-16/h9-10,15-16H,5-8,11-14H2,1-4H3. The van der Waals surface area contributed by atoms with Crippen LogP contribution in [0, 0.1) is 22.7 Å². The van der Waals surface area contributed by atoms with E-state index < -0.39 is 46.5 Å². The molecule has 2 aliphatic rings. The monoisotopic (exact) mass is 754 g/mol. The summed E-state index contributed by atoms with van der Waals surface area (Å²) in [5, 5.41) is -1.46. The fraction of sp³-hybridized carbons (Fsp3) is 0.500. The summed E-state index contributed by atoms with van der Waals surface area (Å²) in [4.78, 5) is 52.3. The zero-order valence-electron chi connectivity index (χ0n) is 25.5. The number of halogens is 6. The van der Waals surface area contributed by atoms with E-state index in [1.807, 2.05) is 0 Å². The first kappa shape index (κ1) is 36.9. The third-order valence-corrected chi connectivity index (χ3v) is 10.4. The lowest BCUT2D eigenvalue weighted by Crippen LogP contribution is -2.27. The van der Waals surface area contributed by atoms with Crippen molar-refractivity contribution >= 4 is 93.5 Å². The molecule has 2 fully saturated rings. The van der Waals surface area contributed by atoms with Crippen LogP contribution in [-0.4, -0.2) is 37.1 Å². The van der Waals surface area contributed by atoms with Gasteiger partial charge in [0.05, 0.1) is 43.3 Å². The minimum atomic E-state index is -1.64. The number of esters is 4. The second kappa shape index (κ2) is 14.7. The Balaban J connectivity index is 1.52. The third kappa shape index (κ3) is 8.74. The van der Waals surface area contributed by atoms with Gasteiger partial charge in [-0.1, -0.05) is 97.3 Å². The van der Waals surface area contributed by atoms with Gasteiger partial charge in [0.1, 0.15) is 11.1 Å². The molecule has 8 nitrogen and oxygen atoms in total. The molecule has 0 amide bonds. The van der Waals surface area contributed by atoms with Crippen LogP contribution in [-0.2, 0) is 19.1 Å². The first-order valence-corrected chi connectivity index (χ1v) is 16.8. The molecule has 2 aromatic rings. The summed E-state index contributed by atoms with van der Waals surface area (Å²) in [6.07, 6.45) is 5.39. The number of rotatable bonds is 8. The van der Waals surface area contributed by atoms with Crippen molar-refractivity contribution in [3.8, 4) is 11.5 Å². The van der Waals surface area contributed by atoms with Gasteiger partial charge in [-0.25, -0.2) is 19.2 Å². The van der Waals surface area contributed by atoms with Crippen molar-refractivity contribution in [2.24, 2.45) is 22.7 Å². The van der Waals surface area contributed by atoms with Gasteiger partial charge in [0.2, 0.25) is 0 Å². The van der Waals surface area contributed by atoms with Gasteiger partial charge in [-0.15, -0.1) is 0 Å². The normalized spacial score (nSPS) is 19.9. The van der Waals surface area contributed by atoms with Gasteiger partial charge in [-0.2, -0.15) is 0 Å². The lowest BCUT2D eigenvalue weighted by atomic mass is 9.91. The Morgan fingerprint density at radius 3 is 1.28 bits per heavy atom. The molecule has 0 radical (unpaired) electrons. The lowest BCUT2D eigenvalue weighted by Gasteiger charge is -2.18. The molecule has 0 spiro atoms. The number of carbonyl (C=O) groups is 4. The van der Waals surface area contributed by atoms with Crippen LogP contribution in [0.25, 0.3) is 0 Å². The summed E-state index contributed by atoms with van der Waals surface area (Å²) >= 11 is 37.4. The zero-order chi connectivity index (χ0) is 34.1. The van der Waals surface area contributed by atoms with Crippen LogP contribution in [0.2, 0.25) is 30.1 Å². The molecule has 0 heterocycles. The van der Waals surface area contributed by atoms with E-state index in [1.165, 1.54) is 0 Å². The topological polar surface area (TPSA) is 105 Å². The van der Waals surface area contributed by atoms with Crippen LogP contribution in [0.15, 0.2) is 12.1 Å². The highest BCUT2D eigenvalue weighted by Gasteiger charge is 2.35. The number of hydrogen-bond acceptors (Lipinski definition) is 8. The Hall–Kier alpha value is -1.94. The van der Waals surface area contributed by atoms with Gasteiger partial charge in [0.15, 0.2) is 11.5 Å². The molecule has 14 heteroatoms. The molecular weight excluding hydrogens is 725 g/mol. The summed E-state index contributed by atoms with van der Waals surface area (Å²) in [6, 6.07) is 2.26. The highest BCUT2D eigenvalue weighted by Crippen LogP contribution is 2.44. The summed E-state index contributed by atoms with van der Waals surface area (Å²) in [6.45, 7) is 8.71. The van der Waals surface area contributed by atoms with E-state index in [9.17, 15) is 19.2 Å². The number of ether oxygens (including phenoxy) is 4. The molecule has 2 saturated carbocycles. The summed E-state index contributed by atoms with van der Waals surface area (Å²) in [5.74, 6) is -6.10. The molecule has 250 valence electrons. The predicted octanol–water partition coefficient (Wildman–Crippen LogP) is 10.1. The second-order valence-corrected chi connectivity index (χ2v) is 15.6. The Bertz CT molecular complexity index is 1460. The van der Waals surface area contributed by atoms with Crippen LogP contribution in [0.3, 0.4) is 0 Å². The quantitative estimate of drug-likeness (QED) is 0.113. The highest BCUT2D eigenvalue weighted by molar-refractivity contribution is 6.47. The van der Waals surface area contributed by atoms with E-state index in [1.54, 1.807) is 0 Å². The average molecular weight is 757 g/mol. The molecule has 2 atom stereocenters. The molecule has 4 rings (SSSR count). The highest BCUT2D eigenvalue weighted by atomic mass is 35.5. The minimum Gasteiger partial charge on any atom is -0.462 e. The van der Waals surface area contributed by atoms with Gasteiger partial charge >= 0.3 is 23.9 Å². The van der Waals surface area contributed by atoms with Crippen LogP contribution >= 0.6 is 69.6 Å². The van der Waals surface area contributed by atoms with E-state index in [-0.39, 0.29) is 66.0 Å². The molecule has 2 aromatic carbocycles. The molecule has 2 aliphatic carbocycles. The van der Waals surface area contributed by atoms with Gasteiger partial charge in [-0.3, -0.25) is 0 Å². The lowest BCUT2D eigenvalue weighted by molar-refractivity contribution is -0.156. The SMILES string of the molecule is CC1(C)CCC(COC(=O)c2c(Cl)c(Cl)cc(Cl)c2OC(=O)C(=O)Oc2c(Cl)cc(Cl)c(Cl)c2C(=O)OCC2CCC(C)(C)C2)C1. The van der Waals surface area contributed by atoms with E-state index in [4.69, 9.17) is 88.6 Å². The number of carbonyl (C=O) groups excluding carboxylic acids is 4. The summed E-state index contributed by atoms with van der Waals surface area (Å²) in [7, 11) is 0. The summed E-state index contributed by atoms with van der Waals surface area (Å²) < 4.78 is 21.4. The predicted molar refractivity (Wildman–Crippen MR) is 177 cm³/mol. The van der Waals surface area contributed by atoms with E-state index in [0.29, 0.717) is 0 Å². The summed E-state index contributed by atoms with van der Waals surface area (Å²) in [5.41, 5.74) is -0.666. The maximum atomic E-state index is 13.1. The second-order valence-electron chi connectivity index (χ2n) is 13.2. The van der Waals surface area contributed by atoms with Crippen LogP contribution in [0.5, 0.6) is 11.5 Å². The molecule has 0 N–H and O–H groups in total. The maximum absolute atomic E-state index is 13.1. The molecular formula is C32H32Cl6O8. The van der Waals surface area contributed by atoms with Crippen molar-refractivity contribution in [2.75, 3.05) is 13.2 Å². The van der Waals surface area contributed by atoms with E-state index in [2.05, 4.69) is 27.7 Å². The fourth-order valence-electron chi connectivity index (χ4n) is 5.97. The Labute approximate surface area is 297 Å². The molecule has 0 bridgehead atoms. The van der Waals surface area contributed by atoms with Crippen LogP contribution < -0.4 is 9.47 Å². The Morgan fingerprint density at radius 1 is 0.630 bits per heavy atom. The molecule has 0 aliphatic heterocycles. The Morgan fingerprint density at radius 2 is 0.978 bits per heavy atom. The number of hydrogen-bond donors (Lipinski definition) is 0. The van der Waals surface area contributed by atoms with Crippen LogP contribution in [0.4, 0.5) is 0 Å². The molecule has 0 aromatic heterocycles. The zero-order valence-corrected chi connectivity index (χ0v) is 30.0. The van der Waals surface area contributed by atoms with Gasteiger partial charge in [0.25, 0.3) is 0 Å². The Kier molecular flexibility index (Phi) is 11.8. The van der Waals surface area contributed by atoms with Crippen molar-refractivity contribution in [1.29, 1.82) is 0 Å². The van der Waals surface area contributed by atoms with Crippen molar-refractivity contribution in [2.45, 2.75) is 66.2 Å². The van der Waals surface area contributed by atoms with E-state index >= 15 is 0 Å². The molecule has 46 heavy (non-hydrogen) atoms. The maximum Gasteiger partial charge on any atom is 0.423 e. The molecule has 0 saturated heterocycles. The van der Waals surface area contributed by atoms with E-state index in [0.717, 1.165) is 50.7 Å².